The van der Waals surface area contributed by atoms with E-state index in [4.69, 9.17) is 23.8 Å². The number of nitrogens with one attached hydrogen (secondary N) is 2. The van der Waals surface area contributed by atoms with Crippen LogP contribution in [0.15, 0.2) is 59.2 Å². The number of hydrogen-bond donors (Lipinski definition) is 2. The number of nitrogens with zero attached hydrogens (tertiary/aromatic N) is 2. The number of anilines is 2. The molecule has 0 aliphatic carbocycles. The Morgan fingerprint density at radius 1 is 1.12 bits per heavy atom. The Morgan fingerprint density at radius 3 is 2.50 bits per heavy atom. The van der Waals surface area contributed by atoms with Crippen molar-refractivity contribution < 1.29 is 0 Å². The van der Waals surface area contributed by atoms with Crippen molar-refractivity contribution in [3.8, 4) is 11.3 Å². The number of hydrogen-bond acceptors (Lipinski definition) is 2. The lowest BCUT2D eigenvalue weighted by atomic mass is 10.1. The molecule has 0 saturated carbocycles. The summed E-state index contributed by atoms with van der Waals surface area (Å²) in [6.07, 6.45) is 1.78. The van der Waals surface area contributed by atoms with E-state index < -0.39 is 0 Å². The fourth-order valence-corrected chi connectivity index (χ4v) is 3.25. The Labute approximate surface area is 159 Å². The normalized spacial score (nSPS) is 10.5. The van der Waals surface area contributed by atoms with Gasteiger partial charge in [-0.15, -0.1) is 0 Å². The van der Waals surface area contributed by atoms with Crippen LogP contribution in [0.25, 0.3) is 11.3 Å². The van der Waals surface area contributed by atoms with Gasteiger partial charge < -0.3 is 10.6 Å². The first-order valence-electron chi connectivity index (χ1n) is 7.14. The van der Waals surface area contributed by atoms with Gasteiger partial charge in [0.15, 0.2) is 5.11 Å². The van der Waals surface area contributed by atoms with Crippen molar-refractivity contribution in [3.63, 3.8) is 0 Å². The fourth-order valence-electron chi connectivity index (χ4n) is 2.31. The predicted octanol–water partition coefficient (Wildman–Crippen LogP) is 5.31. The highest BCUT2D eigenvalue weighted by Crippen LogP contribution is 2.29. The zero-order valence-electron chi connectivity index (χ0n) is 12.8. The van der Waals surface area contributed by atoms with Gasteiger partial charge in [-0.1, -0.05) is 23.7 Å². The molecule has 0 spiro atoms. The molecule has 3 aromatic rings. The first-order valence-corrected chi connectivity index (χ1v) is 8.72. The lowest BCUT2D eigenvalue weighted by molar-refractivity contribution is 0.776. The van der Waals surface area contributed by atoms with Gasteiger partial charge in [0.2, 0.25) is 0 Å². The first kappa shape index (κ1) is 17.0. The summed E-state index contributed by atoms with van der Waals surface area (Å²) < 4.78 is 2.78. The maximum absolute atomic E-state index is 5.88. The first-order chi connectivity index (χ1) is 11.5. The highest BCUT2D eigenvalue weighted by Gasteiger charge is 2.09. The molecule has 0 atom stereocenters. The minimum atomic E-state index is 0.513. The molecule has 122 valence electrons. The fraction of sp³-hybridized carbons (Fsp3) is 0.0588. The van der Waals surface area contributed by atoms with Crippen molar-refractivity contribution in [1.82, 2.24) is 9.78 Å². The van der Waals surface area contributed by atoms with Gasteiger partial charge in [-0.25, -0.2) is 0 Å². The van der Waals surface area contributed by atoms with Crippen molar-refractivity contribution >= 4 is 56.2 Å². The van der Waals surface area contributed by atoms with Gasteiger partial charge in [0.1, 0.15) is 0 Å². The molecule has 0 bridgehead atoms. The van der Waals surface area contributed by atoms with Crippen LogP contribution in [-0.4, -0.2) is 14.9 Å². The summed E-state index contributed by atoms with van der Waals surface area (Å²) in [6, 6.07) is 15.4. The molecule has 1 heterocycles. The molecular formula is C17H14BrClN4S. The Morgan fingerprint density at radius 2 is 1.83 bits per heavy atom. The zero-order chi connectivity index (χ0) is 17.1. The van der Waals surface area contributed by atoms with Crippen LogP contribution in [-0.2, 0) is 7.05 Å². The number of rotatable bonds is 3. The van der Waals surface area contributed by atoms with Crippen LogP contribution in [0.3, 0.4) is 0 Å². The van der Waals surface area contributed by atoms with Gasteiger partial charge in [-0.05, 0) is 64.5 Å². The van der Waals surface area contributed by atoms with Crippen LogP contribution < -0.4 is 10.6 Å². The summed E-state index contributed by atoms with van der Waals surface area (Å²) >= 11 is 14.8. The minimum Gasteiger partial charge on any atom is -0.332 e. The van der Waals surface area contributed by atoms with Gasteiger partial charge in [0, 0.05) is 29.0 Å². The summed E-state index contributed by atoms with van der Waals surface area (Å²) in [6.45, 7) is 0. The molecule has 2 N–H and O–H groups in total. The topological polar surface area (TPSA) is 41.9 Å². The van der Waals surface area contributed by atoms with E-state index in [1.807, 2.05) is 60.3 Å². The molecule has 0 radical (unpaired) electrons. The van der Waals surface area contributed by atoms with E-state index in [0.717, 1.165) is 27.1 Å². The maximum Gasteiger partial charge on any atom is 0.175 e. The number of aryl methyl sites for hydroxylation is 1. The molecule has 0 fully saturated rings. The SMILES string of the molecule is Cn1ncc(Br)c1-c1cccc(NC(=S)Nc2ccc(Cl)cc2)c1. The molecule has 0 saturated heterocycles. The van der Waals surface area contributed by atoms with E-state index in [1.54, 1.807) is 6.20 Å². The highest BCUT2D eigenvalue weighted by molar-refractivity contribution is 9.10. The van der Waals surface area contributed by atoms with E-state index in [2.05, 4.69) is 31.7 Å². The number of thiocarbonyl (C=S) groups is 1. The second-order valence-corrected chi connectivity index (χ2v) is 6.83. The Kier molecular flexibility index (Phi) is 5.18. The summed E-state index contributed by atoms with van der Waals surface area (Å²) in [5.74, 6) is 0. The minimum absolute atomic E-state index is 0.513. The summed E-state index contributed by atoms with van der Waals surface area (Å²) in [4.78, 5) is 0. The van der Waals surface area contributed by atoms with Gasteiger partial charge in [-0.3, -0.25) is 4.68 Å². The smallest absolute Gasteiger partial charge is 0.175 e. The molecule has 0 aliphatic rings. The van der Waals surface area contributed by atoms with Gasteiger partial charge in [0.25, 0.3) is 0 Å². The van der Waals surface area contributed by atoms with Gasteiger partial charge >= 0.3 is 0 Å². The average molecular weight is 422 g/mol. The Balaban J connectivity index is 1.75. The molecule has 0 aliphatic heterocycles. The van der Waals surface area contributed by atoms with E-state index >= 15 is 0 Å². The summed E-state index contributed by atoms with van der Waals surface area (Å²) in [5.41, 5.74) is 3.82. The monoisotopic (exact) mass is 420 g/mol. The van der Waals surface area contributed by atoms with Crippen LogP contribution in [0, 0.1) is 0 Å². The third-order valence-corrected chi connectivity index (χ3v) is 4.43. The van der Waals surface area contributed by atoms with Crippen LogP contribution >= 0.6 is 39.7 Å². The molecule has 0 unspecified atom stereocenters. The number of halogens is 2. The van der Waals surface area contributed by atoms with E-state index in [1.165, 1.54) is 0 Å². The van der Waals surface area contributed by atoms with Crippen molar-refractivity contribution in [2.75, 3.05) is 10.6 Å². The number of aromatic nitrogens is 2. The van der Waals surface area contributed by atoms with Crippen molar-refractivity contribution in [3.05, 3.63) is 64.2 Å². The second-order valence-electron chi connectivity index (χ2n) is 5.13. The van der Waals surface area contributed by atoms with Crippen molar-refractivity contribution in [1.29, 1.82) is 0 Å². The standard InChI is InChI=1S/C17H14BrClN4S/c1-23-16(15(18)10-20-23)11-3-2-4-14(9-11)22-17(24)21-13-7-5-12(19)6-8-13/h2-10H,1H3,(H2,21,22,24). The van der Waals surface area contributed by atoms with Crippen LogP contribution in [0.5, 0.6) is 0 Å². The third kappa shape index (κ3) is 3.95. The third-order valence-electron chi connectivity index (χ3n) is 3.39. The van der Waals surface area contributed by atoms with E-state index in [-0.39, 0.29) is 0 Å². The highest BCUT2D eigenvalue weighted by atomic mass is 79.9. The molecule has 3 rings (SSSR count). The maximum atomic E-state index is 5.88. The van der Waals surface area contributed by atoms with Gasteiger partial charge in [-0.2, -0.15) is 5.10 Å². The Bertz CT molecular complexity index is 857. The quantitative estimate of drug-likeness (QED) is 0.562. The zero-order valence-corrected chi connectivity index (χ0v) is 15.9. The molecule has 1 aromatic heterocycles. The lowest BCUT2D eigenvalue weighted by Gasteiger charge is -2.12. The van der Waals surface area contributed by atoms with Crippen LogP contribution in [0.4, 0.5) is 11.4 Å². The predicted molar refractivity (Wildman–Crippen MR) is 108 cm³/mol. The van der Waals surface area contributed by atoms with Crippen LogP contribution in [0.1, 0.15) is 0 Å². The average Bonchev–Trinajstić information content (AvgIpc) is 2.89. The largest absolute Gasteiger partial charge is 0.332 e. The van der Waals surface area contributed by atoms with Crippen molar-refractivity contribution in [2.45, 2.75) is 0 Å². The van der Waals surface area contributed by atoms with E-state index in [0.29, 0.717) is 10.1 Å². The molecular weight excluding hydrogens is 408 g/mol. The summed E-state index contributed by atoms with van der Waals surface area (Å²) in [7, 11) is 1.91. The van der Waals surface area contributed by atoms with Crippen LogP contribution in [0.2, 0.25) is 5.02 Å². The Hall–Kier alpha value is -1.89. The lowest BCUT2D eigenvalue weighted by Crippen LogP contribution is -2.18. The second kappa shape index (κ2) is 7.34. The molecule has 4 nitrogen and oxygen atoms in total. The molecule has 2 aromatic carbocycles. The molecule has 24 heavy (non-hydrogen) atoms. The van der Waals surface area contributed by atoms with Crippen molar-refractivity contribution in [2.24, 2.45) is 7.05 Å². The molecule has 7 heteroatoms. The molecule has 0 amide bonds. The summed E-state index contributed by atoms with van der Waals surface area (Å²) in [5, 5.41) is 11.8. The van der Waals surface area contributed by atoms with Gasteiger partial charge in [0.05, 0.1) is 16.4 Å². The van der Waals surface area contributed by atoms with E-state index in [9.17, 15) is 0 Å². The number of benzene rings is 2.